The maximum atomic E-state index is 13.0. The van der Waals surface area contributed by atoms with Crippen molar-refractivity contribution in [1.82, 2.24) is 5.32 Å². The summed E-state index contributed by atoms with van der Waals surface area (Å²) in [6.45, 7) is 6.82. The average molecular weight is 554 g/mol. The first-order valence-corrected chi connectivity index (χ1v) is 15.8. The third kappa shape index (κ3) is 8.40. The topological polar surface area (TPSA) is 79.9 Å². The first-order valence-electron chi connectivity index (χ1n) is 15.8. The fraction of sp³-hybridized carbons (Fsp3) is 0.697. The predicted molar refractivity (Wildman–Crippen MR) is 164 cm³/mol. The van der Waals surface area contributed by atoms with Crippen LogP contribution in [-0.4, -0.2) is 52.5 Å². The summed E-state index contributed by atoms with van der Waals surface area (Å²) in [4.78, 5) is 28.1. The van der Waals surface area contributed by atoms with Crippen LogP contribution in [0, 0.1) is 11.8 Å². The first-order chi connectivity index (χ1) is 19.6. The molecule has 2 aromatic carbocycles. The van der Waals surface area contributed by atoms with Gasteiger partial charge in [0.2, 0.25) is 0 Å². The van der Waals surface area contributed by atoms with Crippen LogP contribution in [-0.2, 0) is 9.47 Å². The SMILES string of the molecule is CCCCNCC(CC1CCCCC1)Nc1c(N2CCCC(C(OCCCOC)c3ccccc3)C2)c(=O)c1=O. The van der Waals surface area contributed by atoms with Gasteiger partial charge in [-0.2, -0.15) is 0 Å². The Hall–Kier alpha value is -2.22. The zero-order valence-corrected chi connectivity index (χ0v) is 24.8. The van der Waals surface area contributed by atoms with E-state index < -0.39 is 0 Å². The van der Waals surface area contributed by atoms with E-state index >= 15 is 0 Å². The molecule has 1 saturated carbocycles. The molecular weight excluding hydrogens is 502 g/mol. The number of piperidine rings is 1. The smallest absolute Gasteiger partial charge is 0.253 e. The summed E-state index contributed by atoms with van der Waals surface area (Å²) >= 11 is 0. The molecule has 1 aliphatic carbocycles. The highest BCUT2D eigenvalue weighted by molar-refractivity contribution is 5.75. The Balaban J connectivity index is 1.47. The number of nitrogens with zero attached hydrogens (tertiary/aromatic N) is 1. The minimum atomic E-state index is -0.352. The highest BCUT2D eigenvalue weighted by Crippen LogP contribution is 2.36. The summed E-state index contributed by atoms with van der Waals surface area (Å²) in [6, 6.07) is 10.6. The summed E-state index contributed by atoms with van der Waals surface area (Å²) in [7, 11) is 1.71. The number of nitrogens with one attached hydrogen (secondary N) is 2. The van der Waals surface area contributed by atoms with E-state index in [4.69, 9.17) is 9.47 Å². The van der Waals surface area contributed by atoms with Crippen molar-refractivity contribution in [2.24, 2.45) is 11.8 Å². The van der Waals surface area contributed by atoms with Gasteiger partial charge in [-0.05, 0) is 50.1 Å². The monoisotopic (exact) mass is 553 g/mol. The molecule has 1 heterocycles. The average Bonchev–Trinajstić information content (AvgIpc) is 3.00. The molecule has 2 N–H and O–H groups in total. The molecule has 3 unspecified atom stereocenters. The summed E-state index contributed by atoms with van der Waals surface area (Å²) < 4.78 is 11.7. The molecule has 40 heavy (non-hydrogen) atoms. The van der Waals surface area contributed by atoms with Crippen molar-refractivity contribution in [3.05, 3.63) is 56.3 Å². The second-order valence-corrected chi connectivity index (χ2v) is 11.9. The second kappa shape index (κ2) is 16.3. The molecule has 2 fully saturated rings. The van der Waals surface area contributed by atoms with E-state index in [0.717, 1.165) is 58.2 Å². The number of ether oxygens (including phenoxy) is 2. The largest absolute Gasteiger partial charge is 0.385 e. The lowest BCUT2D eigenvalue weighted by atomic mass is 9.84. The van der Waals surface area contributed by atoms with Crippen molar-refractivity contribution in [2.75, 3.05) is 56.7 Å². The van der Waals surface area contributed by atoms with Gasteiger partial charge in [0.05, 0.1) is 6.10 Å². The molecule has 0 bridgehead atoms. The van der Waals surface area contributed by atoms with Gasteiger partial charge in [-0.1, -0.05) is 75.8 Å². The van der Waals surface area contributed by atoms with E-state index in [9.17, 15) is 9.59 Å². The Bertz CT molecular complexity index is 1060. The van der Waals surface area contributed by atoms with Crippen molar-refractivity contribution in [2.45, 2.75) is 89.7 Å². The fourth-order valence-corrected chi connectivity index (χ4v) is 6.64. The van der Waals surface area contributed by atoms with Crippen LogP contribution in [0.4, 0.5) is 11.4 Å². The second-order valence-electron chi connectivity index (χ2n) is 11.9. The lowest BCUT2D eigenvalue weighted by Crippen LogP contribution is -2.49. The highest BCUT2D eigenvalue weighted by Gasteiger charge is 2.34. The maximum absolute atomic E-state index is 13.0. The van der Waals surface area contributed by atoms with Gasteiger partial charge in [-0.3, -0.25) is 9.59 Å². The number of hydrogen-bond acceptors (Lipinski definition) is 7. The molecule has 1 saturated heterocycles. The van der Waals surface area contributed by atoms with Gasteiger partial charge in [-0.15, -0.1) is 0 Å². The van der Waals surface area contributed by atoms with E-state index in [2.05, 4.69) is 46.7 Å². The van der Waals surface area contributed by atoms with Crippen LogP contribution in [0.15, 0.2) is 39.9 Å². The lowest BCUT2D eigenvalue weighted by molar-refractivity contribution is -0.00235. The zero-order chi connectivity index (χ0) is 28.2. The quantitative estimate of drug-likeness (QED) is 0.200. The van der Waals surface area contributed by atoms with Crippen molar-refractivity contribution in [1.29, 1.82) is 0 Å². The zero-order valence-electron chi connectivity index (χ0n) is 24.8. The molecule has 0 spiro atoms. The maximum Gasteiger partial charge on any atom is 0.253 e. The van der Waals surface area contributed by atoms with Crippen molar-refractivity contribution in [3.63, 3.8) is 0 Å². The van der Waals surface area contributed by atoms with E-state index in [1.165, 1.54) is 37.7 Å². The molecule has 7 heteroatoms. The fourth-order valence-electron chi connectivity index (χ4n) is 6.64. The normalized spacial score (nSPS) is 20.1. The molecule has 0 radical (unpaired) electrons. The van der Waals surface area contributed by atoms with E-state index in [-0.39, 0.29) is 28.9 Å². The number of hydrogen-bond donors (Lipinski definition) is 2. The van der Waals surface area contributed by atoms with E-state index in [1.54, 1.807) is 7.11 Å². The van der Waals surface area contributed by atoms with Gasteiger partial charge in [0.15, 0.2) is 0 Å². The van der Waals surface area contributed by atoms with Crippen LogP contribution in [0.5, 0.6) is 0 Å². The predicted octanol–water partition coefficient (Wildman–Crippen LogP) is 5.43. The van der Waals surface area contributed by atoms with Gasteiger partial charge in [0.1, 0.15) is 11.4 Å². The Morgan fingerprint density at radius 2 is 1.77 bits per heavy atom. The van der Waals surface area contributed by atoms with E-state index in [0.29, 0.717) is 37.1 Å². The molecule has 3 atom stereocenters. The summed E-state index contributed by atoms with van der Waals surface area (Å²) in [5.74, 6) is 0.931. The van der Waals surface area contributed by atoms with Gasteiger partial charge in [-0.25, -0.2) is 0 Å². The third-order valence-corrected chi connectivity index (χ3v) is 8.79. The lowest BCUT2D eigenvalue weighted by Gasteiger charge is -2.39. The molecule has 1 aliphatic heterocycles. The number of unbranched alkanes of at least 4 members (excludes halogenated alkanes) is 1. The van der Waals surface area contributed by atoms with Crippen molar-refractivity contribution < 1.29 is 9.47 Å². The molecule has 222 valence electrons. The molecule has 2 aliphatic rings. The third-order valence-electron chi connectivity index (χ3n) is 8.79. The molecule has 4 rings (SSSR count). The first kappa shape index (κ1) is 30.7. The Kier molecular flexibility index (Phi) is 12.5. The molecule has 0 amide bonds. The standard InChI is InChI=1S/C33H51N3O4/c1-3-4-18-34-23-28(22-25-13-7-5-8-14-25)35-29-30(32(38)31(29)37)36-19-11-17-27(24-36)33(40-21-12-20-39-2)26-15-9-6-10-16-26/h6,9-10,15-16,25,27-28,33-35H,3-5,7-8,11-14,17-24H2,1-2H3. The minimum Gasteiger partial charge on any atom is -0.385 e. The minimum absolute atomic E-state index is 0.0504. The van der Waals surface area contributed by atoms with Crippen molar-refractivity contribution in [3.8, 4) is 0 Å². The Morgan fingerprint density at radius 3 is 2.52 bits per heavy atom. The van der Waals surface area contributed by atoms with Gasteiger partial charge in [0.25, 0.3) is 10.9 Å². The molecule has 7 nitrogen and oxygen atoms in total. The number of benzene rings is 1. The summed E-state index contributed by atoms with van der Waals surface area (Å²) in [5.41, 5.74) is 1.62. The van der Waals surface area contributed by atoms with Crippen LogP contribution in [0.25, 0.3) is 0 Å². The molecule has 0 aromatic heterocycles. The van der Waals surface area contributed by atoms with E-state index in [1.807, 2.05) is 6.07 Å². The Labute approximate surface area is 240 Å². The van der Waals surface area contributed by atoms with Crippen LogP contribution in [0.2, 0.25) is 0 Å². The summed E-state index contributed by atoms with van der Waals surface area (Å²) in [6.07, 6.45) is 12.6. The Morgan fingerprint density at radius 1 is 0.975 bits per heavy atom. The highest BCUT2D eigenvalue weighted by atomic mass is 16.5. The van der Waals surface area contributed by atoms with Crippen LogP contribution in [0.1, 0.15) is 89.2 Å². The van der Waals surface area contributed by atoms with Gasteiger partial charge < -0.3 is 25.0 Å². The number of anilines is 2. The molecular formula is C33H51N3O4. The van der Waals surface area contributed by atoms with Crippen LogP contribution < -0.4 is 26.4 Å². The van der Waals surface area contributed by atoms with Crippen LogP contribution in [0.3, 0.4) is 0 Å². The van der Waals surface area contributed by atoms with Gasteiger partial charge >= 0.3 is 0 Å². The van der Waals surface area contributed by atoms with Crippen LogP contribution >= 0.6 is 0 Å². The number of rotatable bonds is 17. The molecule has 2 aromatic rings. The number of methoxy groups -OCH3 is 1. The van der Waals surface area contributed by atoms with Gasteiger partial charge in [0, 0.05) is 51.9 Å². The summed E-state index contributed by atoms with van der Waals surface area (Å²) in [5, 5.41) is 7.19. The van der Waals surface area contributed by atoms with Crippen molar-refractivity contribution >= 4 is 11.4 Å².